The van der Waals surface area contributed by atoms with Crippen molar-refractivity contribution in [3.05, 3.63) is 0 Å². The van der Waals surface area contributed by atoms with Crippen LogP contribution in [0.15, 0.2) is 0 Å². The van der Waals surface area contributed by atoms with E-state index in [-0.39, 0.29) is 24.5 Å². The van der Waals surface area contributed by atoms with E-state index in [1.54, 1.807) is 4.90 Å². The molecule has 0 bridgehead atoms. The molecule has 1 aliphatic heterocycles. The molecule has 0 aromatic carbocycles. The molecule has 1 aliphatic carbocycles. The Morgan fingerprint density at radius 1 is 1.12 bits per heavy atom. The van der Waals surface area contributed by atoms with E-state index in [1.165, 1.54) is 0 Å². The van der Waals surface area contributed by atoms with Gasteiger partial charge >= 0.3 is 5.97 Å². The van der Waals surface area contributed by atoms with Crippen LogP contribution in [0.1, 0.15) is 32.1 Å². The van der Waals surface area contributed by atoms with Gasteiger partial charge in [-0.15, -0.1) is 0 Å². The second-order valence-electron chi connectivity index (χ2n) is 4.99. The van der Waals surface area contributed by atoms with Crippen LogP contribution in [0.4, 0.5) is 0 Å². The largest absolute Gasteiger partial charge is 0.481 e. The van der Waals surface area contributed by atoms with Gasteiger partial charge in [0, 0.05) is 6.54 Å². The van der Waals surface area contributed by atoms with Gasteiger partial charge in [0.05, 0.1) is 24.5 Å². The highest BCUT2D eigenvalue weighted by Gasteiger charge is 2.42. The zero-order valence-corrected chi connectivity index (χ0v) is 9.84. The SMILES string of the molecule is O=C(O)[C@H]1CCC[C@H]1C(=O)N1CCC[C@H]1CO. The Balaban J connectivity index is 2.06. The van der Waals surface area contributed by atoms with E-state index < -0.39 is 11.9 Å². The maximum absolute atomic E-state index is 12.3. The molecule has 2 fully saturated rings. The molecule has 0 aromatic heterocycles. The van der Waals surface area contributed by atoms with Crippen LogP contribution in [-0.4, -0.2) is 46.2 Å². The minimum absolute atomic E-state index is 0.0177. The first-order chi connectivity index (χ1) is 8.15. The van der Waals surface area contributed by atoms with Gasteiger partial charge in [-0.3, -0.25) is 9.59 Å². The Kier molecular flexibility index (Phi) is 3.66. The van der Waals surface area contributed by atoms with Crippen LogP contribution < -0.4 is 0 Å². The predicted molar refractivity (Wildman–Crippen MR) is 60.3 cm³/mol. The van der Waals surface area contributed by atoms with Gasteiger partial charge in [0.2, 0.25) is 5.91 Å². The number of amides is 1. The van der Waals surface area contributed by atoms with Gasteiger partial charge in [-0.25, -0.2) is 0 Å². The van der Waals surface area contributed by atoms with Crippen molar-refractivity contribution in [3.63, 3.8) is 0 Å². The zero-order valence-electron chi connectivity index (χ0n) is 9.84. The Morgan fingerprint density at radius 3 is 2.47 bits per heavy atom. The zero-order chi connectivity index (χ0) is 12.4. The van der Waals surface area contributed by atoms with Crippen LogP contribution in [-0.2, 0) is 9.59 Å². The summed E-state index contributed by atoms with van der Waals surface area (Å²) in [5.41, 5.74) is 0. The molecule has 1 amide bonds. The summed E-state index contributed by atoms with van der Waals surface area (Å²) in [7, 11) is 0. The van der Waals surface area contributed by atoms with E-state index in [4.69, 9.17) is 5.11 Å². The van der Waals surface area contributed by atoms with E-state index in [0.717, 1.165) is 19.3 Å². The van der Waals surface area contributed by atoms with Crippen LogP contribution in [0.25, 0.3) is 0 Å². The fourth-order valence-electron chi connectivity index (χ4n) is 3.08. The van der Waals surface area contributed by atoms with Crippen molar-refractivity contribution in [3.8, 4) is 0 Å². The van der Waals surface area contributed by atoms with Gasteiger partial charge in [0.1, 0.15) is 0 Å². The van der Waals surface area contributed by atoms with Crippen molar-refractivity contribution in [1.29, 1.82) is 0 Å². The summed E-state index contributed by atoms with van der Waals surface area (Å²) in [5, 5.41) is 18.3. The predicted octanol–water partition coefficient (Wildman–Crippen LogP) is 0.471. The average Bonchev–Trinajstić information content (AvgIpc) is 2.96. The number of carboxylic acid groups (broad SMARTS) is 1. The van der Waals surface area contributed by atoms with Crippen molar-refractivity contribution in [1.82, 2.24) is 4.90 Å². The van der Waals surface area contributed by atoms with Crippen LogP contribution in [0, 0.1) is 11.8 Å². The number of rotatable bonds is 3. The normalized spacial score (nSPS) is 33.0. The summed E-state index contributed by atoms with van der Waals surface area (Å²) in [5.74, 6) is -1.82. The molecule has 1 saturated carbocycles. The highest BCUT2D eigenvalue weighted by molar-refractivity contribution is 5.85. The lowest BCUT2D eigenvalue weighted by atomic mass is 9.94. The van der Waals surface area contributed by atoms with E-state index in [2.05, 4.69) is 0 Å². The van der Waals surface area contributed by atoms with Crippen LogP contribution in [0.2, 0.25) is 0 Å². The maximum atomic E-state index is 12.3. The highest BCUT2D eigenvalue weighted by Crippen LogP contribution is 2.35. The quantitative estimate of drug-likeness (QED) is 0.753. The molecule has 2 rings (SSSR count). The summed E-state index contributed by atoms with van der Waals surface area (Å²) in [4.78, 5) is 25.0. The third-order valence-electron chi connectivity index (χ3n) is 4.02. The van der Waals surface area contributed by atoms with Crippen molar-refractivity contribution in [2.75, 3.05) is 13.2 Å². The topological polar surface area (TPSA) is 77.8 Å². The third-order valence-corrected chi connectivity index (χ3v) is 4.02. The fourth-order valence-corrected chi connectivity index (χ4v) is 3.08. The number of carbonyl (C=O) groups is 2. The van der Waals surface area contributed by atoms with Gasteiger partial charge < -0.3 is 15.1 Å². The van der Waals surface area contributed by atoms with Crippen molar-refractivity contribution in [2.24, 2.45) is 11.8 Å². The molecule has 0 unspecified atom stereocenters. The first-order valence-corrected chi connectivity index (χ1v) is 6.29. The molecule has 2 N–H and O–H groups in total. The number of likely N-dealkylation sites (tertiary alicyclic amines) is 1. The molecule has 5 heteroatoms. The Morgan fingerprint density at radius 2 is 1.82 bits per heavy atom. The number of hydrogen-bond donors (Lipinski definition) is 2. The van der Waals surface area contributed by atoms with E-state index in [0.29, 0.717) is 19.4 Å². The lowest BCUT2D eigenvalue weighted by molar-refractivity contribution is -0.149. The summed E-state index contributed by atoms with van der Waals surface area (Å²) in [6.07, 6.45) is 3.81. The molecule has 5 nitrogen and oxygen atoms in total. The molecule has 1 saturated heterocycles. The van der Waals surface area contributed by atoms with Gasteiger partial charge in [0.25, 0.3) is 0 Å². The summed E-state index contributed by atoms with van der Waals surface area (Å²) >= 11 is 0. The number of carboxylic acids is 1. The monoisotopic (exact) mass is 241 g/mol. The fraction of sp³-hybridized carbons (Fsp3) is 0.833. The summed E-state index contributed by atoms with van der Waals surface area (Å²) in [6, 6.07) is -0.0995. The Bertz CT molecular complexity index is 318. The molecule has 3 atom stereocenters. The van der Waals surface area contributed by atoms with E-state index >= 15 is 0 Å². The smallest absolute Gasteiger partial charge is 0.307 e. The van der Waals surface area contributed by atoms with Crippen molar-refractivity contribution >= 4 is 11.9 Å². The second-order valence-corrected chi connectivity index (χ2v) is 4.99. The first-order valence-electron chi connectivity index (χ1n) is 6.29. The van der Waals surface area contributed by atoms with E-state index in [1.807, 2.05) is 0 Å². The number of nitrogens with zero attached hydrogens (tertiary/aromatic N) is 1. The molecule has 17 heavy (non-hydrogen) atoms. The van der Waals surface area contributed by atoms with Crippen LogP contribution in [0.5, 0.6) is 0 Å². The molecular weight excluding hydrogens is 222 g/mol. The van der Waals surface area contributed by atoms with Crippen molar-refractivity contribution in [2.45, 2.75) is 38.1 Å². The standard InChI is InChI=1S/C12H19NO4/c14-7-8-3-2-6-13(8)11(15)9-4-1-5-10(9)12(16)17/h8-10,14H,1-7H2,(H,16,17)/t8-,9+,10-/m0/s1. The van der Waals surface area contributed by atoms with Crippen molar-refractivity contribution < 1.29 is 19.8 Å². The van der Waals surface area contributed by atoms with Crippen LogP contribution in [0.3, 0.4) is 0 Å². The molecule has 0 spiro atoms. The minimum atomic E-state index is -0.861. The molecule has 96 valence electrons. The lowest BCUT2D eigenvalue weighted by Crippen LogP contribution is -2.43. The maximum Gasteiger partial charge on any atom is 0.307 e. The summed E-state index contributed by atoms with van der Waals surface area (Å²) < 4.78 is 0. The number of aliphatic hydroxyl groups excluding tert-OH is 1. The molecular formula is C12H19NO4. The Labute approximate surface area is 100 Å². The van der Waals surface area contributed by atoms with E-state index in [9.17, 15) is 14.7 Å². The minimum Gasteiger partial charge on any atom is -0.481 e. The van der Waals surface area contributed by atoms with Gasteiger partial charge in [-0.05, 0) is 25.7 Å². The summed E-state index contributed by atoms with van der Waals surface area (Å²) in [6.45, 7) is 0.642. The number of aliphatic hydroxyl groups is 1. The molecule has 2 aliphatic rings. The third kappa shape index (κ3) is 2.29. The molecule has 0 radical (unpaired) electrons. The van der Waals surface area contributed by atoms with Gasteiger partial charge in [0.15, 0.2) is 0 Å². The average molecular weight is 241 g/mol. The number of carbonyl (C=O) groups excluding carboxylic acids is 1. The first kappa shape index (κ1) is 12.4. The molecule has 1 heterocycles. The van der Waals surface area contributed by atoms with Crippen LogP contribution >= 0.6 is 0 Å². The lowest BCUT2D eigenvalue weighted by Gasteiger charge is -2.27. The second kappa shape index (κ2) is 5.04. The van der Waals surface area contributed by atoms with Gasteiger partial charge in [-0.1, -0.05) is 6.42 Å². The highest BCUT2D eigenvalue weighted by atomic mass is 16.4. The number of hydrogen-bond acceptors (Lipinski definition) is 3. The van der Waals surface area contributed by atoms with Gasteiger partial charge in [-0.2, -0.15) is 0 Å². The molecule has 0 aromatic rings. The number of aliphatic carboxylic acids is 1. The Hall–Kier alpha value is -1.10.